The average molecular weight is 951 g/mol. The second-order valence-electron chi connectivity index (χ2n) is 16.5. The van der Waals surface area contributed by atoms with Crippen LogP contribution in [0.5, 0.6) is 0 Å². The molecular weight excluding hydrogens is 901 g/mol. The third kappa shape index (κ3) is 11.5. The Morgan fingerprint density at radius 2 is 0.957 bits per heavy atom. The zero-order chi connectivity index (χ0) is 48.2. The van der Waals surface area contributed by atoms with Crippen LogP contribution in [0.3, 0.4) is 0 Å². The van der Waals surface area contributed by atoms with Crippen molar-refractivity contribution in [2.24, 2.45) is 0 Å². The first-order valence-corrected chi connectivity index (χ1v) is 22.8. The summed E-state index contributed by atoms with van der Waals surface area (Å²) in [5, 5.41) is 0. The molecule has 0 N–H and O–H groups in total. The number of hydrogen-bond donors (Lipinski definition) is 0. The monoisotopic (exact) mass is 950 g/mol. The number of carbonyl (C=O) groups is 4. The van der Waals surface area contributed by atoms with Crippen molar-refractivity contribution < 1.29 is 71.3 Å². The van der Waals surface area contributed by atoms with Gasteiger partial charge in [-0.2, -0.15) is 0 Å². The molecule has 15 heteroatoms. The Morgan fingerprint density at radius 1 is 0.486 bits per heavy atom. The maximum Gasteiger partial charge on any atom is 0.338 e. The number of esters is 4. The summed E-state index contributed by atoms with van der Waals surface area (Å²) in [7, 11) is 1.43. The highest BCUT2D eigenvalue weighted by molar-refractivity contribution is 5.91. The second-order valence-corrected chi connectivity index (χ2v) is 16.5. The summed E-state index contributed by atoms with van der Waals surface area (Å²) in [6.45, 7) is -0.373. The van der Waals surface area contributed by atoms with E-state index >= 15 is 0 Å². The van der Waals surface area contributed by atoms with Gasteiger partial charge in [-0.05, 0) is 54.1 Å². The van der Waals surface area contributed by atoms with Crippen LogP contribution in [0.15, 0.2) is 182 Å². The molecule has 3 aliphatic rings. The molecule has 0 radical (unpaired) electrons. The lowest BCUT2D eigenvalue weighted by Crippen LogP contribution is -2.67. The quantitative estimate of drug-likeness (QED) is 0.0683. The van der Waals surface area contributed by atoms with E-state index in [0.717, 1.165) is 11.1 Å². The molecule has 0 amide bonds. The number of methoxy groups -OCH3 is 1. The van der Waals surface area contributed by atoms with Gasteiger partial charge >= 0.3 is 23.9 Å². The van der Waals surface area contributed by atoms with Gasteiger partial charge < -0.3 is 52.1 Å². The Bertz CT molecular complexity index is 2620. The standard InChI is InChI=1S/C55H50O15/c1-60-54-47(45(61-32-35-20-8-2-9-21-35)43-42(64-54)34-63-53(69-43)40-30-18-7-19-31-40)70-55-48(68-52(59)39-28-16-6-17-29-39)46(67-51(58)38-26-14-5-15-27-38)44(66-50(57)37-24-12-4-13-25-37)41(65-55)33-62-49(56)36-22-10-3-11-23-36/h2-31,41-48,53-55H,32-34H2,1H3/t41-,42-,43-,44+,45+,46+,47-,48-,53?,54+,55+/m1/s1. The van der Waals surface area contributed by atoms with Crippen molar-refractivity contribution in [3.63, 3.8) is 0 Å². The van der Waals surface area contributed by atoms with Gasteiger partial charge in [-0.25, -0.2) is 19.2 Å². The number of benzene rings is 6. The highest BCUT2D eigenvalue weighted by Gasteiger charge is 2.58. The number of rotatable bonds is 16. The smallest absolute Gasteiger partial charge is 0.338 e. The van der Waals surface area contributed by atoms with Crippen molar-refractivity contribution in [1.82, 2.24) is 0 Å². The summed E-state index contributed by atoms with van der Waals surface area (Å²) in [6.07, 6.45) is -13.9. The Morgan fingerprint density at radius 3 is 1.49 bits per heavy atom. The van der Waals surface area contributed by atoms with Crippen LogP contribution in [0.2, 0.25) is 0 Å². The summed E-state index contributed by atoms with van der Waals surface area (Å²) < 4.78 is 70.5. The molecule has 9 rings (SSSR count). The first-order chi connectivity index (χ1) is 34.3. The summed E-state index contributed by atoms with van der Waals surface area (Å²) in [6, 6.07) is 51.5. The third-order valence-corrected chi connectivity index (χ3v) is 11.9. The first kappa shape index (κ1) is 48.0. The molecule has 1 unspecified atom stereocenters. The van der Waals surface area contributed by atoms with Gasteiger partial charge in [0.1, 0.15) is 37.1 Å². The molecule has 0 saturated carbocycles. The van der Waals surface area contributed by atoms with Gasteiger partial charge in [-0.15, -0.1) is 0 Å². The van der Waals surface area contributed by atoms with E-state index in [1.54, 1.807) is 97.1 Å². The van der Waals surface area contributed by atoms with Gasteiger partial charge in [-0.3, -0.25) is 0 Å². The van der Waals surface area contributed by atoms with Gasteiger partial charge in [0.25, 0.3) is 0 Å². The summed E-state index contributed by atoms with van der Waals surface area (Å²) >= 11 is 0. The van der Waals surface area contributed by atoms with Crippen molar-refractivity contribution in [3.05, 3.63) is 215 Å². The molecule has 6 aromatic carbocycles. The molecule has 0 spiro atoms. The Balaban J connectivity index is 1.13. The highest BCUT2D eigenvalue weighted by atomic mass is 16.8. The first-order valence-electron chi connectivity index (χ1n) is 22.8. The maximum atomic E-state index is 14.3. The number of hydrogen-bond acceptors (Lipinski definition) is 15. The zero-order valence-electron chi connectivity index (χ0n) is 37.9. The normalized spacial score (nSPS) is 26.2. The van der Waals surface area contributed by atoms with Crippen LogP contribution >= 0.6 is 0 Å². The SMILES string of the molecule is CO[C@H]1O[C@@H]2COC(c3ccccc3)O[C@H]2[C@H](OCc2ccccc2)[C@H]1O[C@@H]1O[C@H](COC(=O)c2ccccc2)[C@H](OC(=O)c2ccccc2)[C@H](OC(=O)c2ccccc2)[C@H]1OC(=O)c1ccccc1. The molecule has 360 valence electrons. The van der Waals surface area contributed by atoms with Gasteiger partial charge in [0, 0.05) is 12.7 Å². The molecule has 0 aliphatic carbocycles. The van der Waals surface area contributed by atoms with Gasteiger partial charge in [-0.1, -0.05) is 133 Å². The van der Waals surface area contributed by atoms with Crippen LogP contribution in [0.25, 0.3) is 0 Å². The highest BCUT2D eigenvalue weighted by Crippen LogP contribution is 2.40. The van der Waals surface area contributed by atoms with Crippen LogP contribution in [0, 0.1) is 0 Å². The minimum absolute atomic E-state index is 0.0933. The summed E-state index contributed by atoms with van der Waals surface area (Å²) in [4.78, 5) is 56.3. The molecule has 70 heavy (non-hydrogen) atoms. The molecule has 3 fully saturated rings. The number of carbonyl (C=O) groups excluding carboxylic acids is 4. The lowest BCUT2D eigenvalue weighted by molar-refractivity contribution is -0.394. The number of ether oxygens (including phenoxy) is 11. The van der Waals surface area contributed by atoms with Crippen molar-refractivity contribution in [2.45, 2.75) is 74.3 Å². The summed E-state index contributed by atoms with van der Waals surface area (Å²) in [5.74, 6) is -3.29. The van der Waals surface area contributed by atoms with E-state index in [-0.39, 0.29) is 35.5 Å². The van der Waals surface area contributed by atoms with Crippen LogP contribution < -0.4 is 0 Å². The minimum Gasteiger partial charge on any atom is -0.459 e. The molecule has 3 heterocycles. The lowest BCUT2D eigenvalue weighted by Gasteiger charge is -2.51. The average Bonchev–Trinajstić information content (AvgIpc) is 3.42. The predicted octanol–water partition coefficient (Wildman–Crippen LogP) is 7.70. The molecule has 11 atom stereocenters. The Kier molecular flexibility index (Phi) is 15.8. The largest absolute Gasteiger partial charge is 0.459 e. The molecule has 0 bridgehead atoms. The Hall–Kier alpha value is -7.08. The fraction of sp³-hybridized carbons (Fsp3) is 0.273. The van der Waals surface area contributed by atoms with Crippen molar-refractivity contribution >= 4 is 23.9 Å². The minimum atomic E-state index is -1.70. The molecule has 6 aromatic rings. The van der Waals surface area contributed by atoms with E-state index in [9.17, 15) is 19.2 Å². The zero-order valence-corrected chi connectivity index (χ0v) is 37.9. The molecular formula is C55H50O15. The fourth-order valence-electron chi connectivity index (χ4n) is 8.41. The van der Waals surface area contributed by atoms with Crippen LogP contribution in [-0.4, -0.2) is 106 Å². The van der Waals surface area contributed by atoms with E-state index in [1.165, 1.54) is 31.4 Å². The van der Waals surface area contributed by atoms with Crippen LogP contribution in [0.1, 0.15) is 58.8 Å². The van der Waals surface area contributed by atoms with Gasteiger partial charge in [0.15, 0.2) is 37.2 Å². The predicted molar refractivity (Wildman–Crippen MR) is 248 cm³/mol. The van der Waals surface area contributed by atoms with Crippen molar-refractivity contribution in [1.29, 1.82) is 0 Å². The van der Waals surface area contributed by atoms with E-state index < -0.39 is 98.2 Å². The van der Waals surface area contributed by atoms with Crippen molar-refractivity contribution in [3.8, 4) is 0 Å². The molecule has 3 saturated heterocycles. The lowest BCUT2D eigenvalue weighted by atomic mass is 9.95. The van der Waals surface area contributed by atoms with E-state index in [0.29, 0.717) is 0 Å². The molecule has 0 aromatic heterocycles. The molecule has 15 nitrogen and oxygen atoms in total. The van der Waals surface area contributed by atoms with Crippen LogP contribution in [-0.2, 0) is 58.7 Å². The second kappa shape index (κ2) is 23.0. The van der Waals surface area contributed by atoms with E-state index in [4.69, 9.17) is 52.1 Å². The summed E-state index contributed by atoms with van der Waals surface area (Å²) in [5.41, 5.74) is 2.23. The van der Waals surface area contributed by atoms with Crippen LogP contribution in [0.4, 0.5) is 0 Å². The Labute approximate surface area is 404 Å². The number of fused-ring (bicyclic) bond motifs is 1. The maximum absolute atomic E-state index is 14.3. The topological polar surface area (TPSA) is 170 Å². The van der Waals surface area contributed by atoms with E-state index in [1.807, 2.05) is 60.7 Å². The van der Waals surface area contributed by atoms with Crippen molar-refractivity contribution in [2.75, 3.05) is 20.3 Å². The van der Waals surface area contributed by atoms with E-state index in [2.05, 4.69) is 0 Å². The fourth-order valence-corrected chi connectivity index (χ4v) is 8.41. The molecule has 3 aliphatic heterocycles. The van der Waals surface area contributed by atoms with Gasteiger partial charge in [0.2, 0.25) is 0 Å². The third-order valence-electron chi connectivity index (χ3n) is 11.9. The van der Waals surface area contributed by atoms with Gasteiger partial charge in [0.05, 0.1) is 35.5 Å².